The van der Waals surface area contributed by atoms with Gasteiger partial charge in [0.2, 0.25) is 5.91 Å². The van der Waals surface area contributed by atoms with Crippen molar-refractivity contribution in [1.82, 2.24) is 15.1 Å². The van der Waals surface area contributed by atoms with E-state index in [0.29, 0.717) is 6.54 Å². The van der Waals surface area contributed by atoms with Gasteiger partial charge in [0.05, 0.1) is 17.3 Å². The highest BCUT2D eigenvalue weighted by Crippen LogP contribution is 2.18. The van der Waals surface area contributed by atoms with E-state index >= 15 is 0 Å². The van der Waals surface area contributed by atoms with Gasteiger partial charge >= 0.3 is 0 Å². The molecule has 2 rings (SSSR count). The number of fused-ring (bicyclic) bond motifs is 1. The summed E-state index contributed by atoms with van der Waals surface area (Å²) in [5, 5.41) is 8.93. The number of hydrogen-bond donors (Lipinski definition) is 2. The summed E-state index contributed by atoms with van der Waals surface area (Å²) >= 11 is 0. The van der Waals surface area contributed by atoms with Gasteiger partial charge in [-0.05, 0) is 18.9 Å². The van der Waals surface area contributed by atoms with Gasteiger partial charge in [-0.2, -0.15) is 5.10 Å². The van der Waals surface area contributed by atoms with Gasteiger partial charge in [-0.3, -0.25) is 14.8 Å². The van der Waals surface area contributed by atoms with Gasteiger partial charge < -0.3 is 5.73 Å². The third-order valence-corrected chi connectivity index (χ3v) is 3.50. The number of rotatable bonds is 6. The molecule has 2 aromatic rings. The number of para-hydroxylation sites is 1. The quantitative estimate of drug-likeness (QED) is 0.841. The Labute approximate surface area is 119 Å². The maximum Gasteiger partial charge on any atom is 0.234 e. The number of hydrogen-bond acceptors (Lipinski definition) is 3. The number of nitrogens with zero attached hydrogens (tertiary/aromatic N) is 2. The van der Waals surface area contributed by atoms with Crippen molar-refractivity contribution in [2.45, 2.75) is 39.9 Å². The third-order valence-electron chi connectivity index (χ3n) is 3.50. The average Bonchev–Trinajstić information content (AvgIpc) is 2.77. The van der Waals surface area contributed by atoms with Crippen molar-refractivity contribution in [2.24, 2.45) is 11.7 Å². The van der Waals surface area contributed by atoms with E-state index in [1.807, 2.05) is 30.7 Å². The minimum atomic E-state index is -0.333. The summed E-state index contributed by atoms with van der Waals surface area (Å²) in [6.45, 7) is 7.39. The van der Waals surface area contributed by atoms with Gasteiger partial charge in [-0.1, -0.05) is 32.0 Å². The molecule has 1 aromatic heterocycles. The van der Waals surface area contributed by atoms with Crippen LogP contribution >= 0.6 is 0 Å². The van der Waals surface area contributed by atoms with Crippen molar-refractivity contribution in [1.29, 1.82) is 0 Å². The van der Waals surface area contributed by atoms with Gasteiger partial charge in [-0.25, -0.2) is 0 Å². The second-order valence-electron chi connectivity index (χ2n) is 5.28. The first-order valence-electron chi connectivity index (χ1n) is 7.01. The molecule has 1 unspecified atom stereocenters. The molecule has 0 saturated carbocycles. The van der Waals surface area contributed by atoms with Crippen LogP contribution in [-0.4, -0.2) is 21.7 Å². The van der Waals surface area contributed by atoms with Gasteiger partial charge in [0.1, 0.15) is 0 Å². The molecule has 0 spiro atoms. The first kappa shape index (κ1) is 14.5. The molecule has 0 saturated heterocycles. The molecular weight excluding hydrogens is 252 g/mol. The molecule has 0 aliphatic rings. The lowest BCUT2D eigenvalue weighted by Crippen LogP contribution is -2.44. The topological polar surface area (TPSA) is 72.9 Å². The summed E-state index contributed by atoms with van der Waals surface area (Å²) in [7, 11) is 0. The van der Waals surface area contributed by atoms with Crippen molar-refractivity contribution in [3.05, 3.63) is 30.0 Å². The molecule has 1 amide bonds. The predicted molar refractivity (Wildman–Crippen MR) is 80.1 cm³/mol. The highest BCUT2D eigenvalue weighted by molar-refractivity contribution is 5.82. The molecule has 1 atom stereocenters. The summed E-state index contributed by atoms with van der Waals surface area (Å²) < 4.78 is 1.97. The van der Waals surface area contributed by atoms with E-state index in [-0.39, 0.29) is 17.9 Å². The van der Waals surface area contributed by atoms with Crippen molar-refractivity contribution < 1.29 is 4.79 Å². The second kappa shape index (κ2) is 6.05. The second-order valence-corrected chi connectivity index (χ2v) is 5.28. The maximum atomic E-state index is 11.4. The fourth-order valence-corrected chi connectivity index (χ4v) is 2.44. The summed E-state index contributed by atoms with van der Waals surface area (Å²) in [6.07, 6.45) is 0. The van der Waals surface area contributed by atoms with Crippen LogP contribution in [-0.2, 0) is 17.9 Å². The SMILES string of the molecule is CCn1nc(CNC(C(N)=O)C(C)C)c2ccccc21. The van der Waals surface area contributed by atoms with Crippen molar-refractivity contribution >= 4 is 16.8 Å². The Hall–Kier alpha value is -1.88. The fraction of sp³-hybridized carbons (Fsp3) is 0.467. The van der Waals surface area contributed by atoms with Crippen LogP contribution < -0.4 is 11.1 Å². The molecule has 0 fully saturated rings. The van der Waals surface area contributed by atoms with Crippen LogP contribution in [0.25, 0.3) is 10.9 Å². The normalized spacial score (nSPS) is 13.0. The molecule has 1 aromatic carbocycles. The minimum Gasteiger partial charge on any atom is -0.368 e. The van der Waals surface area contributed by atoms with Crippen molar-refractivity contribution in [3.63, 3.8) is 0 Å². The largest absolute Gasteiger partial charge is 0.368 e. The molecule has 5 heteroatoms. The van der Waals surface area contributed by atoms with Gasteiger partial charge in [0, 0.05) is 18.5 Å². The van der Waals surface area contributed by atoms with Crippen LogP contribution in [0.2, 0.25) is 0 Å². The smallest absolute Gasteiger partial charge is 0.234 e. The van der Waals surface area contributed by atoms with Crippen molar-refractivity contribution in [3.8, 4) is 0 Å². The first-order chi connectivity index (χ1) is 9.54. The van der Waals surface area contributed by atoms with Crippen molar-refractivity contribution in [2.75, 3.05) is 0 Å². The van der Waals surface area contributed by atoms with E-state index in [4.69, 9.17) is 5.73 Å². The van der Waals surface area contributed by atoms with Gasteiger partial charge in [0.25, 0.3) is 0 Å². The van der Waals surface area contributed by atoms with Crippen LogP contribution in [0, 0.1) is 5.92 Å². The monoisotopic (exact) mass is 274 g/mol. The Kier molecular flexibility index (Phi) is 4.39. The number of amides is 1. The maximum absolute atomic E-state index is 11.4. The zero-order valence-corrected chi connectivity index (χ0v) is 12.3. The summed E-state index contributed by atoms with van der Waals surface area (Å²) in [4.78, 5) is 11.4. The van der Waals surface area contributed by atoms with Gasteiger partial charge in [0.15, 0.2) is 0 Å². The van der Waals surface area contributed by atoms with E-state index in [0.717, 1.165) is 23.1 Å². The predicted octanol–water partition coefficient (Wildman–Crippen LogP) is 1.66. The lowest BCUT2D eigenvalue weighted by Gasteiger charge is -2.18. The van der Waals surface area contributed by atoms with Crippen LogP contribution in [0.3, 0.4) is 0 Å². The molecule has 5 nitrogen and oxygen atoms in total. The van der Waals surface area contributed by atoms with Crippen LogP contribution in [0.1, 0.15) is 26.5 Å². The molecule has 0 radical (unpaired) electrons. The van der Waals surface area contributed by atoms with E-state index in [1.54, 1.807) is 0 Å². The number of carbonyl (C=O) groups is 1. The number of primary amides is 1. The molecule has 108 valence electrons. The first-order valence-corrected chi connectivity index (χ1v) is 7.01. The van der Waals surface area contributed by atoms with E-state index in [2.05, 4.69) is 29.5 Å². The number of carbonyl (C=O) groups excluding carboxylic acids is 1. The van der Waals surface area contributed by atoms with Crippen LogP contribution in [0.15, 0.2) is 24.3 Å². The molecule has 0 aliphatic heterocycles. The Morgan fingerprint density at radius 2 is 2.10 bits per heavy atom. The van der Waals surface area contributed by atoms with E-state index in [1.165, 1.54) is 0 Å². The zero-order chi connectivity index (χ0) is 14.7. The Bertz CT molecular complexity index is 603. The molecule has 0 aliphatic carbocycles. The number of aryl methyl sites for hydroxylation is 1. The average molecular weight is 274 g/mol. The Morgan fingerprint density at radius 1 is 1.40 bits per heavy atom. The number of aromatic nitrogens is 2. The Balaban J connectivity index is 2.24. The lowest BCUT2D eigenvalue weighted by molar-refractivity contribution is -0.121. The van der Waals surface area contributed by atoms with E-state index in [9.17, 15) is 4.79 Å². The highest BCUT2D eigenvalue weighted by atomic mass is 16.1. The number of nitrogens with two attached hydrogens (primary N) is 1. The summed E-state index contributed by atoms with van der Waals surface area (Å²) in [6, 6.07) is 7.79. The fourth-order valence-electron chi connectivity index (χ4n) is 2.44. The number of nitrogens with one attached hydrogen (secondary N) is 1. The van der Waals surface area contributed by atoms with Gasteiger partial charge in [-0.15, -0.1) is 0 Å². The highest BCUT2D eigenvalue weighted by Gasteiger charge is 2.19. The molecule has 0 bridgehead atoms. The van der Waals surface area contributed by atoms with Crippen LogP contribution in [0.5, 0.6) is 0 Å². The Morgan fingerprint density at radius 3 is 2.70 bits per heavy atom. The van der Waals surface area contributed by atoms with Crippen LogP contribution in [0.4, 0.5) is 0 Å². The summed E-state index contributed by atoms with van der Waals surface area (Å²) in [5.74, 6) is -0.161. The minimum absolute atomic E-state index is 0.159. The number of benzene rings is 1. The molecule has 20 heavy (non-hydrogen) atoms. The third kappa shape index (κ3) is 2.82. The summed E-state index contributed by atoms with van der Waals surface area (Å²) in [5.41, 5.74) is 7.49. The standard InChI is InChI=1S/C15H22N4O/c1-4-19-13-8-6-5-7-11(13)12(18-19)9-17-14(10(2)3)15(16)20/h5-8,10,14,17H,4,9H2,1-3H3,(H2,16,20). The molecule has 3 N–H and O–H groups in total. The lowest BCUT2D eigenvalue weighted by atomic mass is 10.0. The molecule has 1 heterocycles. The molecular formula is C15H22N4O. The van der Waals surface area contributed by atoms with E-state index < -0.39 is 0 Å². The zero-order valence-electron chi connectivity index (χ0n) is 12.3.